The zero-order chi connectivity index (χ0) is 16.3. The summed E-state index contributed by atoms with van der Waals surface area (Å²) in [4.78, 5) is -0.227. The van der Waals surface area contributed by atoms with Gasteiger partial charge in [0.15, 0.2) is 10.6 Å². The van der Waals surface area contributed by atoms with Crippen LogP contribution in [0.3, 0.4) is 0 Å². The van der Waals surface area contributed by atoms with Crippen molar-refractivity contribution in [1.82, 2.24) is 0 Å². The first-order chi connectivity index (χ1) is 10.4. The lowest BCUT2D eigenvalue weighted by Gasteiger charge is -2.12. The molecule has 0 N–H and O–H groups in total. The second-order valence-electron chi connectivity index (χ2n) is 4.13. The SMILES string of the molecule is COc1ccc(OC)c(S(=O)(=O)Oc2ccc(F)cc2Cl)c1. The van der Waals surface area contributed by atoms with Gasteiger partial charge in [0, 0.05) is 6.07 Å². The lowest BCUT2D eigenvalue weighted by atomic mass is 10.3. The Kier molecular flexibility index (Phi) is 4.77. The Bertz CT molecular complexity index is 792. The van der Waals surface area contributed by atoms with E-state index < -0.39 is 15.9 Å². The molecule has 0 spiro atoms. The van der Waals surface area contributed by atoms with E-state index >= 15 is 0 Å². The lowest BCUT2D eigenvalue weighted by molar-refractivity contribution is 0.388. The van der Waals surface area contributed by atoms with Crippen LogP contribution < -0.4 is 13.7 Å². The predicted octanol–water partition coefficient (Wildman–Crippen LogP) is 3.26. The maximum atomic E-state index is 13.0. The number of halogens is 2. The zero-order valence-corrected chi connectivity index (χ0v) is 13.2. The Morgan fingerprint density at radius 2 is 1.68 bits per heavy atom. The molecule has 22 heavy (non-hydrogen) atoms. The minimum atomic E-state index is -4.24. The Balaban J connectivity index is 2.46. The molecule has 2 rings (SSSR count). The van der Waals surface area contributed by atoms with Gasteiger partial charge >= 0.3 is 10.1 Å². The highest BCUT2D eigenvalue weighted by atomic mass is 35.5. The van der Waals surface area contributed by atoms with Crippen molar-refractivity contribution in [1.29, 1.82) is 0 Å². The number of ether oxygens (including phenoxy) is 2. The number of benzene rings is 2. The summed E-state index contributed by atoms with van der Waals surface area (Å²) in [5, 5.41) is -0.162. The van der Waals surface area contributed by atoms with Crippen LogP contribution in [0.2, 0.25) is 5.02 Å². The van der Waals surface area contributed by atoms with Crippen LogP contribution in [-0.4, -0.2) is 22.6 Å². The molecule has 2 aromatic carbocycles. The Labute approximate surface area is 132 Å². The van der Waals surface area contributed by atoms with Gasteiger partial charge in [-0.3, -0.25) is 0 Å². The Morgan fingerprint density at radius 1 is 1.00 bits per heavy atom. The summed E-state index contributed by atoms with van der Waals surface area (Å²) in [6.45, 7) is 0. The number of rotatable bonds is 5. The third-order valence-electron chi connectivity index (χ3n) is 2.73. The molecular weight excluding hydrogens is 335 g/mol. The van der Waals surface area contributed by atoms with Crippen LogP contribution in [0.5, 0.6) is 17.2 Å². The van der Waals surface area contributed by atoms with E-state index in [1.807, 2.05) is 0 Å². The van der Waals surface area contributed by atoms with Crippen molar-refractivity contribution in [2.45, 2.75) is 4.90 Å². The van der Waals surface area contributed by atoms with Crippen molar-refractivity contribution in [2.24, 2.45) is 0 Å². The van der Waals surface area contributed by atoms with Gasteiger partial charge in [-0.25, -0.2) is 4.39 Å². The van der Waals surface area contributed by atoms with E-state index in [0.29, 0.717) is 5.75 Å². The third-order valence-corrected chi connectivity index (χ3v) is 4.29. The molecule has 5 nitrogen and oxygen atoms in total. The van der Waals surface area contributed by atoms with Crippen molar-refractivity contribution >= 4 is 21.7 Å². The largest absolute Gasteiger partial charge is 0.497 e. The first-order valence-corrected chi connectivity index (χ1v) is 7.77. The van der Waals surface area contributed by atoms with Gasteiger partial charge in [0.2, 0.25) is 0 Å². The summed E-state index contributed by atoms with van der Waals surface area (Å²) in [6, 6.07) is 7.35. The van der Waals surface area contributed by atoms with Gasteiger partial charge < -0.3 is 13.7 Å². The molecule has 0 bridgehead atoms. The fourth-order valence-corrected chi connectivity index (χ4v) is 3.07. The minimum absolute atomic E-state index is 0.0824. The van der Waals surface area contributed by atoms with Crippen LogP contribution in [-0.2, 0) is 10.1 Å². The van der Waals surface area contributed by atoms with Crippen molar-refractivity contribution in [3.05, 3.63) is 47.2 Å². The molecule has 0 aromatic heterocycles. The van der Waals surface area contributed by atoms with E-state index in [4.69, 9.17) is 25.3 Å². The first kappa shape index (κ1) is 16.4. The van der Waals surface area contributed by atoms with Gasteiger partial charge in [-0.05, 0) is 30.3 Å². The summed E-state index contributed by atoms with van der Waals surface area (Å²) < 4.78 is 52.7. The van der Waals surface area contributed by atoms with Gasteiger partial charge in [0.1, 0.15) is 17.3 Å². The van der Waals surface area contributed by atoms with Gasteiger partial charge in [0.05, 0.1) is 19.2 Å². The van der Waals surface area contributed by atoms with E-state index in [9.17, 15) is 12.8 Å². The number of hydrogen-bond acceptors (Lipinski definition) is 5. The van der Waals surface area contributed by atoms with Crippen LogP contribution >= 0.6 is 11.6 Å². The summed E-state index contributed by atoms with van der Waals surface area (Å²) in [5.41, 5.74) is 0. The second-order valence-corrected chi connectivity index (χ2v) is 6.05. The average Bonchev–Trinajstić information content (AvgIpc) is 2.49. The molecule has 0 unspecified atom stereocenters. The molecule has 0 radical (unpaired) electrons. The number of hydrogen-bond donors (Lipinski definition) is 0. The molecular formula is C14H12ClFO5S. The zero-order valence-electron chi connectivity index (χ0n) is 11.7. The van der Waals surface area contributed by atoms with Crippen LogP contribution in [0.1, 0.15) is 0 Å². The van der Waals surface area contributed by atoms with Crippen LogP contribution in [0.4, 0.5) is 4.39 Å². The monoisotopic (exact) mass is 346 g/mol. The highest BCUT2D eigenvalue weighted by molar-refractivity contribution is 7.87. The Morgan fingerprint density at radius 3 is 2.27 bits per heavy atom. The molecule has 0 saturated heterocycles. The molecule has 2 aromatic rings. The van der Waals surface area contributed by atoms with E-state index in [-0.39, 0.29) is 21.4 Å². The Hall–Kier alpha value is -1.99. The quantitative estimate of drug-likeness (QED) is 0.778. The molecule has 0 heterocycles. The van der Waals surface area contributed by atoms with E-state index in [1.54, 1.807) is 6.07 Å². The normalized spacial score (nSPS) is 11.1. The van der Waals surface area contributed by atoms with Crippen LogP contribution in [0, 0.1) is 5.82 Å². The van der Waals surface area contributed by atoms with Gasteiger partial charge in [-0.1, -0.05) is 11.6 Å². The van der Waals surface area contributed by atoms with Gasteiger partial charge in [-0.2, -0.15) is 8.42 Å². The summed E-state index contributed by atoms with van der Waals surface area (Å²) >= 11 is 5.77. The minimum Gasteiger partial charge on any atom is -0.497 e. The topological polar surface area (TPSA) is 61.8 Å². The van der Waals surface area contributed by atoms with E-state index in [0.717, 1.165) is 18.2 Å². The summed E-state index contributed by atoms with van der Waals surface area (Å²) in [5.74, 6) is -0.395. The number of methoxy groups -OCH3 is 2. The highest BCUT2D eigenvalue weighted by Crippen LogP contribution is 2.33. The highest BCUT2D eigenvalue weighted by Gasteiger charge is 2.24. The molecule has 0 atom stereocenters. The van der Waals surface area contributed by atoms with E-state index in [1.165, 1.54) is 26.4 Å². The fourth-order valence-electron chi connectivity index (χ4n) is 1.69. The second kappa shape index (κ2) is 6.41. The average molecular weight is 347 g/mol. The molecule has 118 valence electrons. The van der Waals surface area contributed by atoms with Crippen LogP contribution in [0.15, 0.2) is 41.3 Å². The molecule has 0 aliphatic heterocycles. The first-order valence-electron chi connectivity index (χ1n) is 5.99. The molecule has 8 heteroatoms. The molecule has 0 amide bonds. The fraction of sp³-hybridized carbons (Fsp3) is 0.143. The van der Waals surface area contributed by atoms with Gasteiger partial charge in [-0.15, -0.1) is 0 Å². The summed E-state index contributed by atoms with van der Waals surface area (Å²) in [6.07, 6.45) is 0. The van der Waals surface area contributed by atoms with Crippen LogP contribution in [0.25, 0.3) is 0 Å². The lowest BCUT2D eigenvalue weighted by Crippen LogP contribution is -2.11. The molecule has 0 fully saturated rings. The predicted molar refractivity (Wildman–Crippen MR) is 78.8 cm³/mol. The third kappa shape index (κ3) is 3.42. The van der Waals surface area contributed by atoms with Gasteiger partial charge in [0.25, 0.3) is 0 Å². The standard InChI is InChI=1S/C14H12ClFO5S/c1-19-10-4-6-13(20-2)14(8-10)22(17,18)21-12-5-3-9(16)7-11(12)15/h3-8H,1-2H3. The molecule has 0 aliphatic rings. The van der Waals surface area contributed by atoms with Crippen molar-refractivity contribution < 1.29 is 26.5 Å². The smallest absolute Gasteiger partial charge is 0.343 e. The maximum Gasteiger partial charge on any atom is 0.343 e. The van der Waals surface area contributed by atoms with Crippen molar-refractivity contribution in [3.8, 4) is 17.2 Å². The molecule has 0 saturated carbocycles. The van der Waals surface area contributed by atoms with Crippen molar-refractivity contribution in [2.75, 3.05) is 14.2 Å². The summed E-state index contributed by atoms with van der Waals surface area (Å²) in [7, 11) is -1.51. The van der Waals surface area contributed by atoms with Crippen molar-refractivity contribution in [3.63, 3.8) is 0 Å². The van der Waals surface area contributed by atoms with E-state index in [2.05, 4.69) is 0 Å². The maximum absolute atomic E-state index is 13.0. The molecule has 0 aliphatic carbocycles.